The van der Waals surface area contributed by atoms with E-state index in [1.165, 1.54) is 23.9 Å². The highest BCUT2D eigenvalue weighted by Crippen LogP contribution is 2.32. The highest BCUT2D eigenvalue weighted by atomic mass is 32.2. The number of rotatable bonds is 7. The predicted octanol–water partition coefficient (Wildman–Crippen LogP) is 5.82. The summed E-state index contributed by atoms with van der Waals surface area (Å²) < 4.78 is 26.4. The second-order valence-electron chi connectivity index (χ2n) is 6.80. The van der Waals surface area contributed by atoms with Crippen molar-refractivity contribution in [2.75, 3.05) is 5.32 Å². The van der Waals surface area contributed by atoms with Crippen LogP contribution in [0.5, 0.6) is 0 Å². The fourth-order valence-corrected chi connectivity index (χ4v) is 5.52. The van der Waals surface area contributed by atoms with E-state index in [1.807, 2.05) is 62.4 Å². The Balaban J connectivity index is 2.05. The Hall–Kier alpha value is -3.01. The summed E-state index contributed by atoms with van der Waals surface area (Å²) in [6.07, 6.45) is 0. The second kappa shape index (κ2) is 9.66. The number of benzene rings is 3. The van der Waals surface area contributed by atoms with Gasteiger partial charge in [-0.2, -0.15) is 5.26 Å². The average molecular weight is 435 g/mol. The summed E-state index contributed by atoms with van der Waals surface area (Å²) in [6.45, 7) is 4.04. The molecule has 0 atom stereocenters. The first-order valence-electron chi connectivity index (χ1n) is 9.37. The molecule has 4 nitrogen and oxygen atoms in total. The van der Waals surface area contributed by atoms with E-state index < -0.39 is 9.84 Å². The van der Waals surface area contributed by atoms with E-state index in [1.54, 1.807) is 18.2 Å². The van der Waals surface area contributed by atoms with Gasteiger partial charge in [0.15, 0.2) is 4.91 Å². The number of anilines is 1. The van der Waals surface area contributed by atoms with Crippen LogP contribution < -0.4 is 5.32 Å². The molecule has 30 heavy (non-hydrogen) atoms. The number of nitrogens with one attached hydrogen (secondary N) is 1. The van der Waals surface area contributed by atoms with Gasteiger partial charge in [0.05, 0.1) is 4.90 Å². The third-order valence-corrected chi connectivity index (χ3v) is 7.44. The zero-order chi connectivity index (χ0) is 21.6. The van der Waals surface area contributed by atoms with Crippen molar-refractivity contribution in [1.29, 1.82) is 5.26 Å². The Morgan fingerprint density at radius 1 is 0.967 bits per heavy atom. The average Bonchev–Trinajstić information content (AvgIpc) is 2.75. The lowest BCUT2D eigenvalue weighted by atomic mass is 10.1. The third kappa shape index (κ3) is 5.12. The standard InChI is InChI=1S/C24H22N2O2S2/c1-18-13-14-19(2)20(15-18)17-29-24(26-21-9-5-3-6-10-21)23(16-25)30(27,28)22-11-7-4-8-12-22/h3-15,26H,17H2,1-2H3/b24-23+. The molecule has 0 radical (unpaired) electrons. The first kappa shape index (κ1) is 21.7. The van der Waals surface area contributed by atoms with Crippen LogP contribution in [0, 0.1) is 25.2 Å². The summed E-state index contributed by atoms with van der Waals surface area (Å²) in [5, 5.41) is 13.3. The van der Waals surface area contributed by atoms with Gasteiger partial charge in [-0.3, -0.25) is 0 Å². The molecule has 0 aromatic heterocycles. The normalized spacial score (nSPS) is 12.0. The van der Waals surface area contributed by atoms with Crippen LogP contribution in [-0.4, -0.2) is 8.42 Å². The number of allylic oxidation sites excluding steroid dienone is 1. The Kier molecular flexibility index (Phi) is 6.99. The SMILES string of the molecule is Cc1ccc(C)c(CS/C(Nc2ccccc2)=C(\C#N)S(=O)(=O)c2ccccc2)c1. The lowest BCUT2D eigenvalue weighted by Gasteiger charge is -2.15. The number of nitriles is 1. The first-order chi connectivity index (χ1) is 14.4. The number of aryl methyl sites for hydroxylation is 2. The molecule has 0 saturated heterocycles. The van der Waals surface area contributed by atoms with Crippen molar-refractivity contribution in [3.8, 4) is 6.07 Å². The summed E-state index contributed by atoms with van der Waals surface area (Å²) in [5.74, 6) is 0.540. The molecular weight excluding hydrogens is 412 g/mol. The maximum Gasteiger partial charge on any atom is 0.219 e. The van der Waals surface area contributed by atoms with Gasteiger partial charge in [0.25, 0.3) is 0 Å². The van der Waals surface area contributed by atoms with Gasteiger partial charge in [-0.05, 0) is 49.2 Å². The topological polar surface area (TPSA) is 70.0 Å². The molecule has 0 unspecified atom stereocenters. The zero-order valence-corrected chi connectivity index (χ0v) is 18.4. The van der Waals surface area contributed by atoms with Crippen molar-refractivity contribution in [1.82, 2.24) is 0 Å². The molecule has 3 rings (SSSR count). The first-order valence-corrected chi connectivity index (χ1v) is 11.8. The Morgan fingerprint density at radius 3 is 2.23 bits per heavy atom. The van der Waals surface area contributed by atoms with Gasteiger partial charge in [-0.15, -0.1) is 11.8 Å². The lowest BCUT2D eigenvalue weighted by Crippen LogP contribution is -2.10. The van der Waals surface area contributed by atoms with E-state index in [9.17, 15) is 13.7 Å². The maximum absolute atomic E-state index is 13.2. The van der Waals surface area contributed by atoms with Crippen LogP contribution in [0.2, 0.25) is 0 Å². The second-order valence-corrected chi connectivity index (χ2v) is 9.67. The van der Waals surface area contributed by atoms with Gasteiger partial charge >= 0.3 is 0 Å². The molecule has 0 aliphatic carbocycles. The minimum atomic E-state index is -3.96. The largest absolute Gasteiger partial charge is 0.349 e. The zero-order valence-electron chi connectivity index (χ0n) is 16.8. The van der Waals surface area contributed by atoms with Crippen LogP contribution >= 0.6 is 11.8 Å². The summed E-state index contributed by atoms with van der Waals surface area (Å²) in [6, 6.07) is 25.4. The Bertz CT molecular complexity index is 1200. The Labute approximate surface area is 182 Å². The molecule has 3 aromatic carbocycles. The van der Waals surface area contributed by atoms with Gasteiger partial charge in [0.1, 0.15) is 11.1 Å². The van der Waals surface area contributed by atoms with E-state index in [0.717, 1.165) is 22.4 Å². The van der Waals surface area contributed by atoms with Crippen LogP contribution in [0.25, 0.3) is 0 Å². The minimum absolute atomic E-state index is 0.0984. The number of hydrogen-bond acceptors (Lipinski definition) is 5. The number of sulfone groups is 1. The number of para-hydroxylation sites is 1. The van der Waals surface area contributed by atoms with Crippen molar-refractivity contribution in [3.05, 3.63) is 105 Å². The van der Waals surface area contributed by atoms with Crippen LogP contribution in [0.3, 0.4) is 0 Å². The molecule has 0 heterocycles. The highest BCUT2D eigenvalue weighted by molar-refractivity contribution is 8.04. The molecule has 0 saturated carbocycles. The molecule has 0 fully saturated rings. The molecule has 6 heteroatoms. The molecule has 0 amide bonds. The summed E-state index contributed by atoms with van der Waals surface area (Å²) in [5.41, 5.74) is 4.07. The van der Waals surface area contributed by atoms with E-state index >= 15 is 0 Å². The molecule has 1 N–H and O–H groups in total. The molecular formula is C24H22N2O2S2. The van der Waals surface area contributed by atoms with Crippen LogP contribution in [-0.2, 0) is 15.6 Å². The predicted molar refractivity (Wildman–Crippen MR) is 124 cm³/mol. The molecule has 0 aliphatic heterocycles. The van der Waals surface area contributed by atoms with Gasteiger partial charge in [-0.25, -0.2) is 8.42 Å². The van der Waals surface area contributed by atoms with Crippen LogP contribution in [0.15, 0.2) is 93.7 Å². The fourth-order valence-electron chi connectivity index (χ4n) is 2.87. The van der Waals surface area contributed by atoms with Crippen LogP contribution in [0.4, 0.5) is 5.69 Å². The van der Waals surface area contributed by atoms with E-state index in [4.69, 9.17) is 0 Å². The maximum atomic E-state index is 13.2. The van der Waals surface area contributed by atoms with Crippen molar-refractivity contribution < 1.29 is 8.42 Å². The van der Waals surface area contributed by atoms with E-state index in [0.29, 0.717) is 10.8 Å². The number of hydrogen-bond donors (Lipinski definition) is 1. The monoisotopic (exact) mass is 434 g/mol. The van der Waals surface area contributed by atoms with Gasteiger partial charge in [0, 0.05) is 11.4 Å². The van der Waals surface area contributed by atoms with E-state index in [2.05, 4.69) is 11.4 Å². The summed E-state index contributed by atoms with van der Waals surface area (Å²) in [7, 11) is -3.96. The highest BCUT2D eigenvalue weighted by Gasteiger charge is 2.25. The third-order valence-electron chi connectivity index (χ3n) is 4.54. The quantitative estimate of drug-likeness (QED) is 0.475. The number of nitrogens with zero attached hydrogens (tertiary/aromatic N) is 1. The van der Waals surface area contributed by atoms with E-state index in [-0.39, 0.29) is 9.80 Å². The van der Waals surface area contributed by atoms with Crippen molar-refractivity contribution >= 4 is 27.3 Å². The molecule has 152 valence electrons. The number of thioether (sulfide) groups is 1. The van der Waals surface area contributed by atoms with Gasteiger partial charge in [-0.1, -0.05) is 60.2 Å². The Morgan fingerprint density at radius 2 is 1.60 bits per heavy atom. The van der Waals surface area contributed by atoms with Gasteiger partial charge < -0.3 is 5.32 Å². The van der Waals surface area contributed by atoms with Gasteiger partial charge in [0.2, 0.25) is 9.84 Å². The fraction of sp³-hybridized carbons (Fsp3) is 0.125. The van der Waals surface area contributed by atoms with Crippen molar-refractivity contribution in [2.45, 2.75) is 24.5 Å². The summed E-state index contributed by atoms with van der Waals surface area (Å²) >= 11 is 1.31. The molecule has 0 spiro atoms. The van der Waals surface area contributed by atoms with Crippen LogP contribution in [0.1, 0.15) is 16.7 Å². The minimum Gasteiger partial charge on any atom is -0.349 e. The lowest BCUT2D eigenvalue weighted by molar-refractivity contribution is 0.603. The molecule has 0 aliphatic rings. The molecule has 3 aromatic rings. The smallest absolute Gasteiger partial charge is 0.219 e. The van der Waals surface area contributed by atoms with Crippen molar-refractivity contribution in [2.24, 2.45) is 0 Å². The molecule has 0 bridgehead atoms. The van der Waals surface area contributed by atoms with Crippen molar-refractivity contribution in [3.63, 3.8) is 0 Å². The summed E-state index contributed by atoms with van der Waals surface area (Å²) in [4.78, 5) is -0.186.